The summed E-state index contributed by atoms with van der Waals surface area (Å²) in [4.78, 5) is 16.4. The molecule has 2 aromatic carbocycles. The van der Waals surface area contributed by atoms with Crippen molar-refractivity contribution >= 4 is 38.9 Å². The number of para-hydroxylation sites is 1. The number of carbonyl (C=O) groups excluding carboxylic acids is 1. The Morgan fingerprint density at radius 1 is 1.15 bits per heavy atom. The van der Waals surface area contributed by atoms with Crippen LogP contribution in [-0.4, -0.2) is 24.3 Å². The molecule has 0 radical (unpaired) electrons. The Morgan fingerprint density at radius 2 is 1.96 bits per heavy atom. The molecular formula is C20H15N3O3S. The van der Waals surface area contributed by atoms with Crippen molar-refractivity contribution in [3.05, 3.63) is 72.0 Å². The van der Waals surface area contributed by atoms with Gasteiger partial charge < -0.3 is 9.15 Å². The summed E-state index contributed by atoms with van der Waals surface area (Å²) >= 11 is 1.52. The number of hydrogen-bond donors (Lipinski definition) is 1. The van der Waals surface area contributed by atoms with Gasteiger partial charge in [0.1, 0.15) is 11.5 Å². The average molecular weight is 377 g/mol. The molecule has 0 saturated carbocycles. The van der Waals surface area contributed by atoms with Crippen LogP contribution in [0.4, 0.5) is 5.13 Å². The van der Waals surface area contributed by atoms with Gasteiger partial charge in [-0.25, -0.2) is 9.78 Å². The summed E-state index contributed by atoms with van der Waals surface area (Å²) < 4.78 is 11.7. The number of hydrogen-bond acceptors (Lipinski definition) is 7. The second kappa shape index (κ2) is 7.43. The fraction of sp³-hybridized carbons (Fsp3) is 0.0500. The lowest BCUT2D eigenvalue weighted by atomic mass is 10.1. The molecule has 0 fully saturated rings. The Bertz CT molecular complexity index is 1100. The fourth-order valence-corrected chi connectivity index (χ4v) is 3.44. The SMILES string of the molecule is COC(=O)c1ccccc1-c1ccc(/C=N\Nc2nc3ccccc3s2)o1. The van der Waals surface area contributed by atoms with Crippen LogP contribution in [0.3, 0.4) is 0 Å². The molecule has 0 aliphatic heterocycles. The minimum absolute atomic E-state index is 0.408. The van der Waals surface area contributed by atoms with E-state index in [1.807, 2.05) is 36.4 Å². The maximum absolute atomic E-state index is 11.9. The van der Waals surface area contributed by atoms with Crippen LogP contribution in [0.5, 0.6) is 0 Å². The van der Waals surface area contributed by atoms with Crippen LogP contribution < -0.4 is 5.43 Å². The van der Waals surface area contributed by atoms with E-state index in [4.69, 9.17) is 9.15 Å². The third-order valence-electron chi connectivity index (χ3n) is 3.87. The maximum atomic E-state index is 11.9. The molecule has 7 heteroatoms. The zero-order valence-corrected chi connectivity index (χ0v) is 15.2. The largest absolute Gasteiger partial charge is 0.465 e. The maximum Gasteiger partial charge on any atom is 0.338 e. The van der Waals surface area contributed by atoms with Gasteiger partial charge in [-0.1, -0.05) is 41.7 Å². The number of nitrogens with one attached hydrogen (secondary N) is 1. The Balaban J connectivity index is 1.51. The Labute approximate surface area is 159 Å². The van der Waals surface area contributed by atoms with E-state index in [0.717, 1.165) is 10.2 Å². The molecule has 4 aromatic rings. The number of hydrazone groups is 1. The molecule has 4 rings (SSSR count). The second-order valence-electron chi connectivity index (χ2n) is 5.60. The van der Waals surface area contributed by atoms with Crippen LogP contribution in [0.25, 0.3) is 21.5 Å². The number of rotatable bonds is 5. The lowest BCUT2D eigenvalue weighted by Gasteiger charge is -2.04. The summed E-state index contributed by atoms with van der Waals surface area (Å²) in [6.07, 6.45) is 1.57. The van der Waals surface area contributed by atoms with Gasteiger partial charge >= 0.3 is 5.97 Å². The Morgan fingerprint density at radius 3 is 2.81 bits per heavy atom. The molecule has 27 heavy (non-hydrogen) atoms. The van der Waals surface area contributed by atoms with E-state index in [2.05, 4.69) is 15.5 Å². The number of esters is 1. The highest BCUT2D eigenvalue weighted by Crippen LogP contribution is 2.27. The van der Waals surface area contributed by atoms with Crippen molar-refractivity contribution in [1.29, 1.82) is 0 Å². The van der Waals surface area contributed by atoms with Gasteiger partial charge in [-0.05, 0) is 30.3 Å². The number of thiazole rings is 1. The first-order valence-electron chi connectivity index (χ1n) is 8.17. The van der Waals surface area contributed by atoms with Gasteiger partial charge in [0.25, 0.3) is 0 Å². The average Bonchev–Trinajstić information content (AvgIpc) is 3.34. The predicted octanol–water partition coefficient (Wildman–Crippen LogP) is 4.79. The lowest BCUT2D eigenvalue weighted by molar-refractivity contribution is 0.0601. The minimum atomic E-state index is -0.408. The first-order valence-corrected chi connectivity index (χ1v) is 8.98. The van der Waals surface area contributed by atoms with Crippen molar-refractivity contribution in [2.45, 2.75) is 0 Å². The van der Waals surface area contributed by atoms with Gasteiger partial charge in [0.2, 0.25) is 5.13 Å². The summed E-state index contributed by atoms with van der Waals surface area (Å²) in [5.74, 6) is 0.713. The molecule has 0 amide bonds. The molecule has 0 atom stereocenters. The molecule has 0 aliphatic carbocycles. The van der Waals surface area contributed by atoms with Crippen molar-refractivity contribution < 1.29 is 13.9 Å². The zero-order valence-electron chi connectivity index (χ0n) is 14.4. The second-order valence-corrected chi connectivity index (χ2v) is 6.63. The molecule has 0 unspecified atom stereocenters. The van der Waals surface area contributed by atoms with Crippen molar-refractivity contribution in [1.82, 2.24) is 4.98 Å². The normalized spacial score (nSPS) is 11.1. The van der Waals surface area contributed by atoms with Gasteiger partial charge in [0.15, 0.2) is 0 Å². The van der Waals surface area contributed by atoms with E-state index >= 15 is 0 Å². The molecular weight excluding hydrogens is 362 g/mol. The van der Waals surface area contributed by atoms with Gasteiger partial charge in [-0.15, -0.1) is 0 Å². The number of benzene rings is 2. The Hall–Kier alpha value is -3.45. The van der Waals surface area contributed by atoms with E-state index in [0.29, 0.717) is 27.8 Å². The number of aromatic nitrogens is 1. The van der Waals surface area contributed by atoms with Crippen molar-refractivity contribution in [3.63, 3.8) is 0 Å². The van der Waals surface area contributed by atoms with Gasteiger partial charge in [0.05, 0.1) is 29.1 Å². The van der Waals surface area contributed by atoms with E-state index in [9.17, 15) is 4.79 Å². The van der Waals surface area contributed by atoms with Crippen LogP contribution in [0, 0.1) is 0 Å². The smallest absolute Gasteiger partial charge is 0.338 e. The van der Waals surface area contributed by atoms with Gasteiger partial charge in [0, 0.05) is 5.56 Å². The molecule has 0 spiro atoms. The molecule has 2 aromatic heterocycles. The van der Waals surface area contributed by atoms with Crippen LogP contribution in [0.1, 0.15) is 16.1 Å². The van der Waals surface area contributed by atoms with Crippen LogP contribution in [0.15, 0.2) is 70.2 Å². The molecule has 6 nitrogen and oxygen atoms in total. The van der Waals surface area contributed by atoms with Crippen LogP contribution in [0.2, 0.25) is 0 Å². The molecule has 2 heterocycles. The third kappa shape index (κ3) is 3.58. The summed E-state index contributed by atoms with van der Waals surface area (Å²) in [6, 6.07) is 18.6. The van der Waals surface area contributed by atoms with Crippen LogP contribution in [-0.2, 0) is 4.74 Å². The first kappa shape index (κ1) is 17.0. The van der Waals surface area contributed by atoms with Gasteiger partial charge in [-0.2, -0.15) is 5.10 Å². The van der Waals surface area contributed by atoms with Crippen LogP contribution >= 0.6 is 11.3 Å². The van der Waals surface area contributed by atoms with Crippen molar-refractivity contribution in [2.24, 2.45) is 5.10 Å². The monoisotopic (exact) mass is 377 g/mol. The summed E-state index contributed by atoms with van der Waals surface area (Å²) in [5, 5.41) is 4.88. The molecule has 0 aliphatic rings. The molecule has 0 saturated heterocycles. The fourth-order valence-electron chi connectivity index (χ4n) is 2.62. The number of nitrogens with zero attached hydrogens (tertiary/aromatic N) is 2. The number of anilines is 1. The third-order valence-corrected chi connectivity index (χ3v) is 4.81. The molecule has 1 N–H and O–H groups in total. The van der Waals surface area contributed by atoms with E-state index in [1.165, 1.54) is 18.4 Å². The Kier molecular flexibility index (Phi) is 4.67. The number of ether oxygens (including phenoxy) is 1. The highest BCUT2D eigenvalue weighted by molar-refractivity contribution is 7.22. The molecule has 0 bridgehead atoms. The minimum Gasteiger partial charge on any atom is -0.465 e. The summed E-state index contributed by atoms with van der Waals surface area (Å²) in [7, 11) is 1.35. The number of fused-ring (bicyclic) bond motifs is 1. The number of furan rings is 1. The number of carbonyl (C=O) groups is 1. The van der Waals surface area contributed by atoms with E-state index in [1.54, 1.807) is 30.5 Å². The molecule has 134 valence electrons. The lowest BCUT2D eigenvalue weighted by Crippen LogP contribution is -2.02. The summed E-state index contributed by atoms with van der Waals surface area (Å²) in [5.41, 5.74) is 4.96. The first-order chi connectivity index (χ1) is 13.2. The predicted molar refractivity (Wildman–Crippen MR) is 106 cm³/mol. The highest BCUT2D eigenvalue weighted by Gasteiger charge is 2.15. The number of methoxy groups -OCH3 is 1. The van der Waals surface area contributed by atoms with Crippen molar-refractivity contribution in [3.8, 4) is 11.3 Å². The van der Waals surface area contributed by atoms with Gasteiger partial charge in [-0.3, -0.25) is 5.43 Å². The quantitative estimate of drug-likeness (QED) is 0.307. The highest BCUT2D eigenvalue weighted by atomic mass is 32.1. The van der Waals surface area contributed by atoms with Crippen molar-refractivity contribution in [2.75, 3.05) is 12.5 Å². The topological polar surface area (TPSA) is 76.7 Å². The summed E-state index contributed by atoms with van der Waals surface area (Å²) in [6.45, 7) is 0. The van der Waals surface area contributed by atoms with E-state index < -0.39 is 5.97 Å². The zero-order chi connectivity index (χ0) is 18.6. The standard InChI is InChI=1S/C20H15N3O3S/c1-25-19(24)15-7-3-2-6-14(15)17-11-10-13(26-17)12-21-23-20-22-16-8-4-5-9-18(16)27-20/h2-12H,1H3,(H,22,23)/b21-12-. The van der Waals surface area contributed by atoms with E-state index in [-0.39, 0.29) is 0 Å².